The van der Waals surface area contributed by atoms with Gasteiger partial charge in [0.2, 0.25) is 0 Å². The van der Waals surface area contributed by atoms with Crippen LogP contribution in [0, 0.1) is 0 Å². The molecule has 1 atom stereocenters. The van der Waals surface area contributed by atoms with Gasteiger partial charge in [-0.1, -0.05) is 13.8 Å². The van der Waals surface area contributed by atoms with Gasteiger partial charge in [0, 0.05) is 38.4 Å². The van der Waals surface area contributed by atoms with Crippen molar-refractivity contribution in [1.29, 1.82) is 0 Å². The number of nitrogens with zero attached hydrogens (tertiary/aromatic N) is 4. The van der Waals surface area contributed by atoms with Gasteiger partial charge in [-0.25, -0.2) is 9.98 Å². The van der Waals surface area contributed by atoms with Gasteiger partial charge >= 0.3 is 0 Å². The van der Waals surface area contributed by atoms with E-state index in [0.717, 1.165) is 50.5 Å². The summed E-state index contributed by atoms with van der Waals surface area (Å²) in [6, 6.07) is 4.48. The fourth-order valence-electron chi connectivity index (χ4n) is 2.60. The van der Waals surface area contributed by atoms with E-state index in [2.05, 4.69) is 51.9 Å². The lowest BCUT2D eigenvalue weighted by Gasteiger charge is -2.34. The summed E-state index contributed by atoms with van der Waals surface area (Å²) in [6.45, 7) is 12.4. The van der Waals surface area contributed by atoms with Crippen LogP contribution >= 0.6 is 0 Å². The Hall–Kier alpha value is -1.82. The third-order valence-corrected chi connectivity index (χ3v) is 4.39. The van der Waals surface area contributed by atoms with Crippen molar-refractivity contribution in [2.75, 3.05) is 37.6 Å². The summed E-state index contributed by atoms with van der Waals surface area (Å²) in [7, 11) is 0. The summed E-state index contributed by atoms with van der Waals surface area (Å²) < 4.78 is 0. The summed E-state index contributed by atoms with van der Waals surface area (Å²) in [5.41, 5.74) is 7.06. The van der Waals surface area contributed by atoms with Gasteiger partial charge in [-0.3, -0.25) is 0 Å². The van der Waals surface area contributed by atoms with Crippen LogP contribution in [0.5, 0.6) is 0 Å². The van der Waals surface area contributed by atoms with Gasteiger partial charge in [0.25, 0.3) is 0 Å². The number of rotatable bonds is 6. The topological polar surface area (TPSA) is 69.8 Å². The monoisotopic (exact) mass is 318 g/mol. The van der Waals surface area contributed by atoms with Gasteiger partial charge < -0.3 is 20.9 Å². The van der Waals surface area contributed by atoms with Crippen LogP contribution in [0.1, 0.15) is 32.8 Å². The molecule has 1 aliphatic rings. The number of nitrogens with one attached hydrogen (secondary N) is 1. The molecule has 1 saturated heterocycles. The standard InChI is InChI=1S/C17H30N6/c1-4-14(3)21-17(18)20-13-15-6-7-19-16(12-15)23-10-8-22(5-2)9-11-23/h6-7,12,14H,4-5,8-11,13H2,1-3H3,(H3,18,20,21). The Morgan fingerprint density at radius 2 is 2.09 bits per heavy atom. The van der Waals surface area contributed by atoms with Crippen molar-refractivity contribution in [2.24, 2.45) is 10.7 Å². The molecule has 2 heterocycles. The van der Waals surface area contributed by atoms with E-state index in [1.165, 1.54) is 0 Å². The molecule has 23 heavy (non-hydrogen) atoms. The minimum atomic E-state index is 0.349. The second kappa shape index (κ2) is 8.72. The van der Waals surface area contributed by atoms with E-state index in [1.54, 1.807) is 0 Å². The van der Waals surface area contributed by atoms with E-state index in [4.69, 9.17) is 5.73 Å². The molecule has 1 fully saturated rings. The van der Waals surface area contributed by atoms with Gasteiger partial charge in [-0.2, -0.15) is 0 Å². The Balaban J connectivity index is 1.93. The molecule has 1 unspecified atom stereocenters. The van der Waals surface area contributed by atoms with Crippen LogP contribution in [0.4, 0.5) is 5.82 Å². The molecule has 6 nitrogen and oxygen atoms in total. The Labute approximate surface area is 139 Å². The van der Waals surface area contributed by atoms with Gasteiger partial charge in [-0.15, -0.1) is 0 Å². The van der Waals surface area contributed by atoms with Crippen molar-refractivity contribution in [3.8, 4) is 0 Å². The number of likely N-dealkylation sites (N-methyl/N-ethyl adjacent to an activating group) is 1. The summed E-state index contributed by atoms with van der Waals surface area (Å²) in [5, 5.41) is 3.19. The first-order valence-electron chi connectivity index (χ1n) is 8.61. The van der Waals surface area contributed by atoms with Crippen molar-refractivity contribution < 1.29 is 0 Å². The molecule has 1 aliphatic heterocycles. The Bertz CT molecular complexity index is 508. The maximum absolute atomic E-state index is 5.92. The minimum absolute atomic E-state index is 0.349. The quantitative estimate of drug-likeness (QED) is 0.613. The van der Waals surface area contributed by atoms with Crippen molar-refractivity contribution in [1.82, 2.24) is 15.2 Å². The van der Waals surface area contributed by atoms with Crippen LogP contribution in [0.25, 0.3) is 0 Å². The first-order valence-corrected chi connectivity index (χ1v) is 8.61. The summed E-state index contributed by atoms with van der Waals surface area (Å²) in [5.74, 6) is 1.55. The van der Waals surface area contributed by atoms with Crippen molar-refractivity contribution in [3.63, 3.8) is 0 Å². The number of guanidine groups is 1. The number of piperazine rings is 1. The lowest BCUT2D eigenvalue weighted by atomic mass is 10.2. The van der Waals surface area contributed by atoms with Crippen molar-refractivity contribution >= 4 is 11.8 Å². The lowest BCUT2D eigenvalue weighted by Crippen LogP contribution is -2.46. The van der Waals surface area contributed by atoms with E-state index in [0.29, 0.717) is 18.5 Å². The smallest absolute Gasteiger partial charge is 0.189 e. The van der Waals surface area contributed by atoms with Crippen LogP contribution in [0.15, 0.2) is 23.3 Å². The van der Waals surface area contributed by atoms with Gasteiger partial charge in [0.15, 0.2) is 5.96 Å². The van der Waals surface area contributed by atoms with Crippen LogP contribution in [-0.2, 0) is 6.54 Å². The number of anilines is 1. The zero-order valence-corrected chi connectivity index (χ0v) is 14.6. The van der Waals surface area contributed by atoms with Crippen LogP contribution in [0.2, 0.25) is 0 Å². The van der Waals surface area contributed by atoms with E-state index < -0.39 is 0 Å². The molecule has 6 heteroatoms. The van der Waals surface area contributed by atoms with Gasteiger partial charge in [0.05, 0.1) is 6.54 Å². The normalized spacial score (nSPS) is 18.0. The molecule has 0 saturated carbocycles. The number of hydrogen-bond donors (Lipinski definition) is 2. The van der Waals surface area contributed by atoms with Crippen molar-refractivity contribution in [2.45, 2.75) is 39.8 Å². The van der Waals surface area contributed by atoms with Gasteiger partial charge in [-0.05, 0) is 37.6 Å². The first-order chi connectivity index (χ1) is 11.1. The highest BCUT2D eigenvalue weighted by Crippen LogP contribution is 2.15. The maximum atomic E-state index is 5.92. The highest BCUT2D eigenvalue weighted by atomic mass is 15.3. The van der Waals surface area contributed by atoms with Crippen LogP contribution in [0.3, 0.4) is 0 Å². The fourth-order valence-corrected chi connectivity index (χ4v) is 2.60. The highest BCUT2D eigenvalue weighted by molar-refractivity contribution is 5.78. The molecule has 128 valence electrons. The molecule has 1 aromatic rings. The number of hydrogen-bond acceptors (Lipinski definition) is 4. The molecule has 0 aromatic carbocycles. The maximum Gasteiger partial charge on any atom is 0.189 e. The molecule has 0 spiro atoms. The predicted molar refractivity (Wildman–Crippen MR) is 96.8 cm³/mol. The van der Waals surface area contributed by atoms with Crippen molar-refractivity contribution in [3.05, 3.63) is 23.9 Å². The van der Waals surface area contributed by atoms with E-state index in [-0.39, 0.29) is 0 Å². The summed E-state index contributed by atoms with van der Waals surface area (Å²) >= 11 is 0. The first kappa shape index (κ1) is 17.5. The number of aromatic nitrogens is 1. The van der Waals surface area contributed by atoms with E-state index >= 15 is 0 Å². The second-order valence-electron chi connectivity index (χ2n) is 6.10. The molecular weight excluding hydrogens is 288 g/mol. The third kappa shape index (κ3) is 5.39. The number of nitrogens with two attached hydrogens (primary N) is 1. The average molecular weight is 318 g/mol. The molecule has 0 radical (unpaired) electrons. The van der Waals surface area contributed by atoms with Crippen LogP contribution < -0.4 is 16.0 Å². The molecule has 0 amide bonds. The molecule has 1 aromatic heterocycles. The number of pyridine rings is 1. The molecule has 2 rings (SSSR count). The summed E-state index contributed by atoms with van der Waals surface area (Å²) in [6.07, 6.45) is 2.89. The van der Waals surface area contributed by atoms with Gasteiger partial charge in [0.1, 0.15) is 5.82 Å². The lowest BCUT2D eigenvalue weighted by molar-refractivity contribution is 0.270. The largest absolute Gasteiger partial charge is 0.370 e. The zero-order chi connectivity index (χ0) is 16.7. The Morgan fingerprint density at radius 3 is 2.74 bits per heavy atom. The Morgan fingerprint density at radius 1 is 1.35 bits per heavy atom. The van der Waals surface area contributed by atoms with E-state index in [1.807, 2.05) is 12.3 Å². The third-order valence-electron chi connectivity index (χ3n) is 4.39. The summed E-state index contributed by atoms with van der Waals surface area (Å²) in [4.78, 5) is 13.7. The molecule has 0 aliphatic carbocycles. The zero-order valence-electron chi connectivity index (χ0n) is 14.6. The highest BCUT2D eigenvalue weighted by Gasteiger charge is 2.16. The molecular formula is C17H30N6. The minimum Gasteiger partial charge on any atom is -0.370 e. The van der Waals surface area contributed by atoms with E-state index in [9.17, 15) is 0 Å². The average Bonchev–Trinajstić information content (AvgIpc) is 2.60. The SMILES string of the molecule is CCC(C)NC(N)=NCc1ccnc(N2CCN(CC)CC2)c1. The number of aliphatic imine (C=N–C) groups is 1. The predicted octanol–water partition coefficient (Wildman–Crippen LogP) is 1.43. The second-order valence-corrected chi connectivity index (χ2v) is 6.10. The van der Waals surface area contributed by atoms with Crippen LogP contribution in [-0.4, -0.2) is 54.6 Å². The molecule has 0 bridgehead atoms. The Kier molecular flexibility index (Phi) is 6.65. The fraction of sp³-hybridized carbons (Fsp3) is 0.647. The molecule has 3 N–H and O–H groups in total.